The van der Waals surface area contributed by atoms with Crippen LogP contribution in [0, 0.1) is 0 Å². The third kappa shape index (κ3) is 5.22. The number of amides is 3. The maximum atomic E-state index is 13.0. The monoisotopic (exact) mass is 540 g/mol. The van der Waals surface area contributed by atoms with Gasteiger partial charge in [0.1, 0.15) is 11.4 Å². The molecule has 3 amide bonds. The number of nitrogens with zero attached hydrogens (tertiary/aromatic N) is 1. The largest absolute Gasteiger partial charge is 0.497 e. The second-order valence-corrected chi connectivity index (χ2v) is 8.50. The molecule has 0 bridgehead atoms. The van der Waals surface area contributed by atoms with Gasteiger partial charge in [-0.15, -0.1) is 0 Å². The van der Waals surface area contributed by atoms with E-state index in [0.717, 1.165) is 4.47 Å². The Kier molecular flexibility index (Phi) is 6.85. The highest BCUT2D eigenvalue weighted by atomic mass is 79.9. The first-order valence-electron chi connectivity index (χ1n) is 9.98. The van der Waals surface area contributed by atoms with Crippen molar-refractivity contribution >= 4 is 67.5 Å². The summed E-state index contributed by atoms with van der Waals surface area (Å²) >= 11 is 9.31. The van der Waals surface area contributed by atoms with Gasteiger partial charge in [-0.3, -0.25) is 19.8 Å². The summed E-state index contributed by atoms with van der Waals surface area (Å²) in [6, 6.07) is 20.0. The summed E-state index contributed by atoms with van der Waals surface area (Å²) in [4.78, 5) is 38.2. The van der Waals surface area contributed by atoms with Crippen molar-refractivity contribution in [1.82, 2.24) is 4.68 Å². The molecule has 0 saturated carbocycles. The minimum Gasteiger partial charge on any atom is -0.497 e. The van der Waals surface area contributed by atoms with Crippen molar-refractivity contribution < 1.29 is 19.1 Å². The highest BCUT2D eigenvalue weighted by Crippen LogP contribution is 2.24. The number of benzene rings is 3. The normalized spacial score (nSPS) is 10.6. The molecule has 0 unspecified atom stereocenters. The molecule has 1 aromatic heterocycles. The van der Waals surface area contributed by atoms with Crippen LogP contribution in [0.4, 0.5) is 11.4 Å². The topological polar surface area (TPSA) is 101 Å². The summed E-state index contributed by atoms with van der Waals surface area (Å²) in [5, 5.41) is 6.50. The number of halogens is 2. The lowest BCUT2D eigenvalue weighted by Gasteiger charge is -2.13. The first-order valence-corrected chi connectivity index (χ1v) is 11.2. The lowest BCUT2D eigenvalue weighted by Crippen LogP contribution is -2.36. The SMILES string of the molecule is COc1ccc(NC(=O)C(=O)Nn2c(C(=O)Nc3ccc(Cl)cc3)cc3cc(Br)ccc32)cc1. The summed E-state index contributed by atoms with van der Waals surface area (Å²) in [5.74, 6) is -1.71. The molecule has 0 atom stereocenters. The van der Waals surface area contributed by atoms with E-state index in [0.29, 0.717) is 33.0 Å². The van der Waals surface area contributed by atoms with Crippen LogP contribution in [0.3, 0.4) is 0 Å². The van der Waals surface area contributed by atoms with Crippen molar-refractivity contribution in [3.8, 4) is 5.75 Å². The molecule has 0 aliphatic heterocycles. The Labute approximate surface area is 207 Å². The third-order valence-electron chi connectivity index (χ3n) is 4.87. The summed E-state index contributed by atoms with van der Waals surface area (Å²) in [5.41, 5.74) is 4.13. The Morgan fingerprint density at radius 2 is 1.50 bits per heavy atom. The second-order valence-electron chi connectivity index (χ2n) is 7.15. The predicted molar refractivity (Wildman–Crippen MR) is 135 cm³/mol. The quantitative estimate of drug-likeness (QED) is 0.309. The van der Waals surface area contributed by atoms with Crippen LogP contribution in [0.1, 0.15) is 10.5 Å². The van der Waals surface area contributed by atoms with E-state index < -0.39 is 17.7 Å². The molecule has 0 saturated heterocycles. The fourth-order valence-corrected chi connectivity index (χ4v) is 3.72. The molecule has 0 radical (unpaired) electrons. The molecule has 3 aromatic carbocycles. The molecule has 0 spiro atoms. The number of nitrogens with one attached hydrogen (secondary N) is 3. The minimum absolute atomic E-state index is 0.133. The first kappa shape index (κ1) is 23.3. The number of methoxy groups -OCH3 is 1. The number of fused-ring (bicyclic) bond motifs is 1. The van der Waals surface area contributed by atoms with Gasteiger partial charge in [0.15, 0.2) is 0 Å². The van der Waals surface area contributed by atoms with E-state index in [4.69, 9.17) is 16.3 Å². The van der Waals surface area contributed by atoms with Crippen LogP contribution in [-0.4, -0.2) is 29.5 Å². The van der Waals surface area contributed by atoms with Crippen LogP contribution in [0.25, 0.3) is 10.9 Å². The van der Waals surface area contributed by atoms with E-state index in [1.807, 2.05) is 0 Å². The zero-order valence-electron chi connectivity index (χ0n) is 17.8. The molecule has 0 aliphatic carbocycles. The number of ether oxygens (including phenoxy) is 1. The van der Waals surface area contributed by atoms with Gasteiger partial charge >= 0.3 is 11.8 Å². The van der Waals surface area contributed by atoms with E-state index in [1.165, 1.54) is 11.8 Å². The molecule has 0 aliphatic rings. The van der Waals surface area contributed by atoms with Crippen LogP contribution in [0.5, 0.6) is 5.75 Å². The van der Waals surface area contributed by atoms with Gasteiger partial charge in [0.2, 0.25) is 0 Å². The summed E-state index contributed by atoms with van der Waals surface area (Å²) in [6.45, 7) is 0. The van der Waals surface area contributed by atoms with Crippen LogP contribution in [-0.2, 0) is 9.59 Å². The van der Waals surface area contributed by atoms with Crippen molar-refractivity contribution in [3.05, 3.63) is 88.0 Å². The van der Waals surface area contributed by atoms with Crippen LogP contribution < -0.4 is 20.8 Å². The van der Waals surface area contributed by atoms with Gasteiger partial charge in [0, 0.05) is 26.3 Å². The summed E-state index contributed by atoms with van der Waals surface area (Å²) in [6.07, 6.45) is 0. The molecule has 4 aromatic rings. The lowest BCUT2D eigenvalue weighted by atomic mass is 10.2. The van der Waals surface area contributed by atoms with Gasteiger partial charge in [-0.05, 0) is 72.8 Å². The van der Waals surface area contributed by atoms with Gasteiger partial charge in [-0.2, -0.15) is 0 Å². The Hall–Kier alpha value is -3.82. The van der Waals surface area contributed by atoms with Gasteiger partial charge in [0.05, 0.1) is 12.6 Å². The fourth-order valence-electron chi connectivity index (χ4n) is 3.22. The zero-order valence-corrected chi connectivity index (χ0v) is 20.1. The van der Waals surface area contributed by atoms with Crippen molar-refractivity contribution in [2.24, 2.45) is 0 Å². The Bertz CT molecular complexity index is 1380. The van der Waals surface area contributed by atoms with E-state index in [9.17, 15) is 14.4 Å². The van der Waals surface area contributed by atoms with Gasteiger partial charge in [-0.1, -0.05) is 27.5 Å². The zero-order chi connectivity index (χ0) is 24.2. The molecule has 3 N–H and O–H groups in total. The average molecular weight is 542 g/mol. The van der Waals surface area contributed by atoms with E-state index >= 15 is 0 Å². The lowest BCUT2D eigenvalue weighted by molar-refractivity contribution is -0.133. The van der Waals surface area contributed by atoms with Gasteiger partial charge < -0.3 is 15.4 Å². The highest BCUT2D eigenvalue weighted by molar-refractivity contribution is 9.10. The van der Waals surface area contributed by atoms with Crippen LogP contribution in [0.15, 0.2) is 77.3 Å². The number of carbonyl (C=O) groups is 3. The Balaban J connectivity index is 1.59. The van der Waals surface area contributed by atoms with Crippen molar-refractivity contribution in [2.75, 3.05) is 23.2 Å². The van der Waals surface area contributed by atoms with Crippen LogP contribution >= 0.6 is 27.5 Å². The van der Waals surface area contributed by atoms with Crippen molar-refractivity contribution in [3.63, 3.8) is 0 Å². The van der Waals surface area contributed by atoms with E-state index in [2.05, 4.69) is 32.0 Å². The molecule has 172 valence electrons. The molecular weight excluding hydrogens is 524 g/mol. The summed E-state index contributed by atoms with van der Waals surface area (Å²) in [7, 11) is 1.53. The Morgan fingerprint density at radius 1 is 0.853 bits per heavy atom. The van der Waals surface area contributed by atoms with Crippen LogP contribution in [0.2, 0.25) is 5.02 Å². The number of rotatable bonds is 5. The fraction of sp³-hybridized carbons (Fsp3) is 0.0417. The molecule has 4 rings (SSSR count). The minimum atomic E-state index is -0.947. The molecule has 10 heteroatoms. The maximum Gasteiger partial charge on any atom is 0.328 e. The number of carbonyl (C=O) groups excluding carboxylic acids is 3. The smallest absolute Gasteiger partial charge is 0.328 e. The van der Waals surface area contributed by atoms with E-state index in [1.54, 1.807) is 72.8 Å². The number of hydrogen-bond donors (Lipinski definition) is 3. The highest BCUT2D eigenvalue weighted by Gasteiger charge is 2.21. The summed E-state index contributed by atoms with van der Waals surface area (Å²) < 4.78 is 7.16. The first-order chi connectivity index (χ1) is 16.3. The van der Waals surface area contributed by atoms with E-state index in [-0.39, 0.29) is 5.69 Å². The number of anilines is 2. The molecule has 8 nitrogen and oxygen atoms in total. The number of hydrogen-bond acceptors (Lipinski definition) is 4. The molecule has 1 heterocycles. The third-order valence-corrected chi connectivity index (χ3v) is 5.61. The predicted octanol–water partition coefficient (Wildman–Crippen LogP) is 5.03. The standard InChI is InChI=1S/C24H18BrClN4O4/c1-34-19-9-7-18(8-10-19)28-23(32)24(33)29-30-20-11-2-15(25)12-14(20)13-21(30)22(31)27-17-5-3-16(26)4-6-17/h2-13H,1H3,(H,27,31)(H,28,32)(H,29,33). The molecular formula is C24H18BrClN4O4. The van der Waals surface area contributed by atoms with Crippen molar-refractivity contribution in [1.29, 1.82) is 0 Å². The van der Waals surface area contributed by atoms with Gasteiger partial charge in [0.25, 0.3) is 5.91 Å². The van der Waals surface area contributed by atoms with Gasteiger partial charge in [-0.25, -0.2) is 4.68 Å². The second kappa shape index (κ2) is 9.98. The Morgan fingerprint density at radius 3 is 2.18 bits per heavy atom. The molecule has 34 heavy (non-hydrogen) atoms. The van der Waals surface area contributed by atoms with Crippen molar-refractivity contribution in [2.45, 2.75) is 0 Å². The maximum absolute atomic E-state index is 13.0. The number of aromatic nitrogens is 1. The molecule has 0 fully saturated rings. The average Bonchev–Trinajstić information content (AvgIpc) is 3.18.